The molecule has 1 heterocycles. The van der Waals surface area contributed by atoms with Crippen LogP contribution in [0.5, 0.6) is 0 Å². The molecule has 1 saturated heterocycles. The second-order valence-electron chi connectivity index (χ2n) is 3.94. The molecule has 2 radical (unpaired) electrons. The van der Waals surface area contributed by atoms with Gasteiger partial charge in [-0.25, -0.2) is 0 Å². The monoisotopic (exact) mass is 163 g/mol. The van der Waals surface area contributed by atoms with Gasteiger partial charge in [-0.05, 0) is 12.8 Å². The topological polar surface area (TPSA) is 23.5 Å². The van der Waals surface area contributed by atoms with E-state index in [-0.39, 0.29) is 5.82 Å². The quantitative estimate of drug-likeness (QED) is 0.546. The summed E-state index contributed by atoms with van der Waals surface area (Å²) in [6.45, 7) is 1.07. The predicted octanol–water partition coefficient (Wildman–Crippen LogP) is 1.46. The van der Waals surface area contributed by atoms with E-state index in [1.165, 1.54) is 0 Å². The van der Waals surface area contributed by atoms with Crippen molar-refractivity contribution in [2.75, 3.05) is 13.6 Å². The first-order valence-corrected chi connectivity index (χ1v) is 4.57. The first kappa shape index (κ1) is 8.02. The van der Waals surface area contributed by atoms with Crippen LogP contribution >= 0.6 is 0 Å². The van der Waals surface area contributed by atoms with Crippen molar-refractivity contribution in [3.63, 3.8) is 0 Å². The van der Waals surface area contributed by atoms with E-state index in [4.69, 9.17) is 7.85 Å². The molecule has 0 bridgehead atoms. The van der Waals surface area contributed by atoms with Gasteiger partial charge in [-0.15, -0.1) is 0 Å². The lowest BCUT2D eigenvalue weighted by Gasteiger charge is -2.27. The largest absolute Gasteiger partial charge is 0.511 e. The highest BCUT2D eigenvalue weighted by Crippen LogP contribution is 2.41. The molecule has 1 N–H and O–H groups in total. The average molecular weight is 163 g/mol. The van der Waals surface area contributed by atoms with E-state index in [0.29, 0.717) is 18.1 Å². The number of aliphatic hydroxyl groups is 1. The Morgan fingerprint density at radius 1 is 1.58 bits per heavy atom. The summed E-state index contributed by atoms with van der Waals surface area (Å²) >= 11 is 0. The van der Waals surface area contributed by atoms with Crippen molar-refractivity contribution in [1.82, 2.24) is 4.90 Å². The smallest absolute Gasteiger partial charge is 0.111 e. The number of hydrogen-bond acceptors (Lipinski definition) is 2. The van der Waals surface area contributed by atoms with Gasteiger partial charge in [0.25, 0.3) is 0 Å². The zero-order valence-corrected chi connectivity index (χ0v) is 7.45. The molecule has 0 aromatic heterocycles. The molecular formula is C9H14BNO. The van der Waals surface area contributed by atoms with Gasteiger partial charge < -0.3 is 10.0 Å². The number of hydrogen-bond donors (Lipinski definition) is 1. The Bertz CT molecular complexity index is 227. The average Bonchev–Trinajstić information content (AvgIpc) is 2.31. The summed E-state index contributed by atoms with van der Waals surface area (Å²) in [5.41, 5.74) is 1.15. The third kappa shape index (κ3) is 1.12. The number of fused-ring (bicyclic) bond motifs is 1. The Morgan fingerprint density at radius 3 is 3.08 bits per heavy atom. The highest BCUT2D eigenvalue weighted by Gasteiger charge is 2.33. The van der Waals surface area contributed by atoms with Gasteiger partial charge in [0.05, 0.1) is 13.5 Å². The third-order valence-corrected chi connectivity index (χ3v) is 2.95. The highest BCUT2D eigenvalue weighted by atomic mass is 16.3. The van der Waals surface area contributed by atoms with Crippen LogP contribution in [-0.4, -0.2) is 31.4 Å². The molecular weight excluding hydrogens is 149 g/mol. The van der Waals surface area contributed by atoms with Crippen molar-refractivity contribution >= 4 is 7.85 Å². The maximum Gasteiger partial charge on any atom is 0.111 e. The van der Waals surface area contributed by atoms with E-state index in [2.05, 4.69) is 4.90 Å². The van der Waals surface area contributed by atoms with Crippen LogP contribution in [-0.2, 0) is 0 Å². The molecule has 0 aromatic carbocycles. The Balaban J connectivity index is 2.28. The summed E-state index contributed by atoms with van der Waals surface area (Å²) in [5.74, 6) is 1.22. The molecule has 1 fully saturated rings. The second kappa shape index (κ2) is 2.72. The molecule has 2 unspecified atom stereocenters. The van der Waals surface area contributed by atoms with Crippen LogP contribution < -0.4 is 0 Å². The lowest BCUT2D eigenvalue weighted by molar-refractivity contribution is 0.311. The molecule has 0 aromatic rings. The van der Waals surface area contributed by atoms with Crippen LogP contribution in [0.2, 0.25) is 5.82 Å². The van der Waals surface area contributed by atoms with Crippen molar-refractivity contribution < 1.29 is 5.11 Å². The Labute approximate surface area is 74.7 Å². The van der Waals surface area contributed by atoms with Crippen molar-refractivity contribution in [2.45, 2.75) is 25.1 Å². The molecule has 2 nitrogen and oxygen atoms in total. The van der Waals surface area contributed by atoms with E-state index in [9.17, 15) is 5.11 Å². The first-order chi connectivity index (χ1) is 5.68. The zero-order chi connectivity index (χ0) is 8.72. The minimum Gasteiger partial charge on any atom is -0.511 e. The minimum absolute atomic E-state index is 0.172. The van der Waals surface area contributed by atoms with Gasteiger partial charge in [0.15, 0.2) is 0 Å². The molecule has 12 heavy (non-hydrogen) atoms. The van der Waals surface area contributed by atoms with Crippen LogP contribution in [0.3, 0.4) is 0 Å². The highest BCUT2D eigenvalue weighted by molar-refractivity contribution is 6.11. The van der Waals surface area contributed by atoms with E-state index >= 15 is 0 Å². The zero-order valence-electron chi connectivity index (χ0n) is 7.45. The molecule has 3 heteroatoms. The summed E-state index contributed by atoms with van der Waals surface area (Å²) in [7, 11) is 7.86. The van der Waals surface area contributed by atoms with Crippen molar-refractivity contribution in [2.24, 2.45) is 5.92 Å². The fraction of sp³-hybridized carbons (Fsp3) is 0.778. The standard InChI is InChI=1S/C9H14BNO/c1-11-3-2-6-4-7(10)5-8(12)9(6)11/h6-7,12H,2-5H2,1H3. The van der Waals surface area contributed by atoms with Gasteiger partial charge in [-0.1, -0.05) is 5.82 Å². The Kier molecular flexibility index (Phi) is 1.82. The maximum atomic E-state index is 9.68. The van der Waals surface area contributed by atoms with Gasteiger partial charge in [-0.3, -0.25) is 0 Å². The minimum atomic E-state index is 0.172. The number of nitrogens with zero attached hydrogens (tertiary/aromatic N) is 1. The molecule has 0 saturated carbocycles. The second-order valence-corrected chi connectivity index (χ2v) is 3.94. The van der Waals surface area contributed by atoms with Gasteiger partial charge in [0.2, 0.25) is 0 Å². The van der Waals surface area contributed by atoms with Gasteiger partial charge in [0, 0.05) is 25.9 Å². The molecule has 1 aliphatic heterocycles. The summed E-state index contributed by atoms with van der Waals surface area (Å²) in [5, 5.41) is 9.68. The van der Waals surface area contributed by atoms with Crippen LogP contribution in [0.25, 0.3) is 0 Å². The van der Waals surface area contributed by atoms with Crippen molar-refractivity contribution in [3.05, 3.63) is 11.5 Å². The van der Waals surface area contributed by atoms with E-state index in [0.717, 1.165) is 25.1 Å². The molecule has 0 amide bonds. The van der Waals surface area contributed by atoms with Crippen LogP contribution in [0, 0.1) is 5.92 Å². The number of rotatable bonds is 0. The molecule has 64 valence electrons. The lowest BCUT2D eigenvalue weighted by Crippen LogP contribution is -2.20. The van der Waals surface area contributed by atoms with Crippen molar-refractivity contribution in [1.29, 1.82) is 0 Å². The normalized spacial score (nSPS) is 35.6. The maximum absolute atomic E-state index is 9.68. The summed E-state index contributed by atoms with van der Waals surface area (Å²) in [4.78, 5) is 2.16. The van der Waals surface area contributed by atoms with E-state index < -0.39 is 0 Å². The predicted molar refractivity (Wildman–Crippen MR) is 49.1 cm³/mol. The van der Waals surface area contributed by atoms with Gasteiger partial charge in [-0.2, -0.15) is 0 Å². The summed E-state index contributed by atoms with van der Waals surface area (Å²) < 4.78 is 0. The number of aliphatic hydroxyl groups excluding tert-OH is 1. The molecule has 2 rings (SSSR count). The lowest BCUT2D eigenvalue weighted by atomic mass is 9.72. The third-order valence-electron chi connectivity index (χ3n) is 2.95. The van der Waals surface area contributed by atoms with E-state index in [1.54, 1.807) is 0 Å². The van der Waals surface area contributed by atoms with Crippen LogP contribution in [0.1, 0.15) is 19.3 Å². The summed E-state index contributed by atoms with van der Waals surface area (Å²) in [6, 6.07) is 0. The summed E-state index contributed by atoms with van der Waals surface area (Å²) in [6.07, 6.45) is 2.86. The SMILES string of the molecule is [B]C1CC(O)=C2C(CCN2C)C1. The van der Waals surface area contributed by atoms with Crippen LogP contribution in [0.4, 0.5) is 0 Å². The number of likely N-dealkylation sites (tertiary alicyclic amines) is 1. The first-order valence-electron chi connectivity index (χ1n) is 4.57. The fourth-order valence-electron chi connectivity index (χ4n) is 2.41. The molecule has 1 aliphatic carbocycles. The van der Waals surface area contributed by atoms with Crippen LogP contribution in [0.15, 0.2) is 11.5 Å². The van der Waals surface area contributed by atoms with Gasteiger partial charge >= 0.3 is 0 Å². The van der Waals surface area contributed by atoms with Gasteiger partial charge in [0.1, 0.15) is 5.76 Å². The molecule has 2 atom stereocenters. The fourth-order valence-corrected chi connectivity index (χ4v) is 2.41. The Morgan fingerprint density at radius 2 is 2.33 bits per heavy atom. The van der Waals surface area contributed by atoms with Crippen molar-refractivity contribution in [3.8, 4) is 0 Å². The Hall–Kier alpha value is -0.595. The molecule has 0 spiro atoms. The van der Waals surface area contributed by atoms with E-state index in [1.807, 2.05) is 7.05 Å². The number of allylic oxidation sites excluding steroid dienone is 2. The molecule has 2 aliphatic rings.